The van der Waals surface area contributed by atoms with E-state index in [1.807, 2.05) is 13.0 Å². The van der Waals surface area contributed by atoms with Crippen LogP contribution in [-0.2, 0) is 9.84 Å². The lowest BCUT2D eigenvalue weighted by Crippen LogP contribution is -2.45. The van der Waals surface area contributed by atoms with Gasteiger partial charge in [0.2, 0.25) is 0 Å². The Balaban J connectivity index is 2.06. The number of aliphatic hydroxyl groups is 1. The fourth-order valence-corrected chi connectivity index (χ4v) is 3.19. The monoisotopic (exact) mass is 290 g/mol. The molecule has 1 fully saturated rings. The molecule has 0 saturated carbocycles. The first kappa shape index (κ1) is 13.6. The molecule has 1 aliphatic rings. The molecule has 0 aromatic heterocycles. The second-order valence-electron chi connectivity index (χ2n) is 4.59. The summed E-state index contributed by atoms with van der Waals surface area (Å²) in [5.74, 6) is 0.613. The Bertz CT molecular complexity index is 529. The Labute approximate surface area is 111 Å². The molecule has 1 heterocycles. The first-order valence-electron chi connectivity index (χ1n) is 5.68. The van der Waals surface area contributed by atoms with Crippen molar-refractivity contribution in [2.75, 3.05) is 18.1 Å². The van der Waals surface area contributed by atoms with Crippen molar-refractivity contribution in [3.05, 3.63) is 28.8 Å². The van der Waals surface area contributed by atoms with E-state index >= 15 is 0 Å². The number of hydrogen-bond acceptors (Lipinski definition) is 4. The van der Waals surface area contributed by atoms with Gasteiger partial charge in [0, 0.05) is 12.5 Å². The van der Waals surface area contributed by atoms with Crippen LogP contribution >= 0.6 is 11.6 Å². The number of hydrogen-bond donors (Lipinski definition) is 1. The summed E-state index contributed by atoms with van der Waals surface area (Å²) in [6.07, 6.45) is -0.298. The number of benzene rings is 1. The zero-order valence-corrected chi connectivity index (χ0v) is 11.5. The molecule has 1 aliphatic heterocycles. The van der Waals surface area contributed by atoms with Crippen molar-refractivity contribution in [1.82, 2.24) is 0 Å². The molecule has 18 heavy (non-hydrogen) atoms. The number of halogens is 1. The maximum atomic E-state index is 11.0. The van der Waals surface area contributed by atoms with E-state index in [2.05, 4.69) is 0 Å². The molecule has 0 bridgehead atoms. The van der Waals surface area contributed by atoms with E-state index in [-0.39, 0.29) is 30.1 Å². The van der Waals surface area contributed by atoms with E-state index in [0.29, 0.717) is 10.8 Å². The minimum atomic E-state index is -2.89. The maximum Gasteiger partial charge on any atom is 0.157 e. The third kappa shape index (κ3) is 2.96. The van der Waals surface area contributed by atoms with E-state index in [9.17, 15) is 8.42 Å². The lowest BCUT2D eigenvalue weighted by Gasteiger charge is -2.27. The molecule has 1 aromatic carbocycles. The van der Waals surface area contributed by atoms with Gasteiger partial charge in [-0.3, -0.25) is 0 Å². The van der Waals surface area contributed by atoms with Crippen molar-refractivity contribution in [2.24, 2.45) is 0 Å². The molecule has 0 aliphatic carbocycles. The molecule has 2 rings (SSSR count). The molecule has 100 valence electrons. The molecule has 0 spiro atoms. The molecule has 1 atom stereocenters. The molecular formula is C12H15ClO4S. The van der Waals surface area contributed by atoms with Gasteiger partial charge in [-0.2, -0.15) is 0 Å². The van der Waals surface area contributed by atoms with Crippen molar-refractivity contribution in [1.29, 1.82) is 0 Å². The average molecular weight is 291 g/mol. The summed E-state index contributed by atoms with van der Waals surface area (Å²) in [5.41, 5.74) is 0.927. The topological polar surface area (TPSA) is 63.6 Å². The van der Waals surface area contributed by atoms with Gasteiger partial charge in [0.15, 0.2) is 9.84 Å². The summed E-state index contributed by atoms with van der Waals surface area (Å²) in [6.45, 7) is 1.95. The standard InChI is InChI=1S/C12H15ClO4S/c1-8(5-14)9-2-3-12(11(13)4-9)17-10-6-18(15,16)7-10/h2-4,8,10,14H,5-7H2,1H3. The van der Waals surface area contributed by atoms with Crippen LogP contribution in [0.15, 0.2) is 18.2 Å². The largest absolute Gasteiger partial charge is 0.487 e. The smallest absolute Gasteiger partial charge is 0.157 e. The molecular weight excluding hydrogens is 276 g/mol. The molecule has 0 radical (unpaired) electrons. The normalized spacial score (nSPS) is 20.2. The van der Waals surface area contributed by atoms with Gasteiger partial charge in [-0.25, -0.2) is 8.42 Å². The molecule has 0 amide bonds. The van der Waals surface area contributed by atoms with Gasteiger partial charge in [-0.05, 0) is 17.7 Å². The van der Waals surface area contributed by atoms with Gasteiger partial charge in [-0.15, -0.1) is 0 Å². The molecule has 1 unspecified atom stereocenters. The van der Waals surface area contributed by atoms with E-state index < -0.39 is 9.84 Å². The van der Waals surface area contributed by atoms with Gasteiger partial charge in [0.25, 0.3) is 0 Å². The lowest BCUT2D eigenvalue weighted by atomic mass is 10.0. The van der Waals surface area contributed by atoms with E-state index in [1.165, 1.54) is 0 Å². The Kier molecular flexibility index (Phi) is 3.84. The van der Waals surface area contributed by atoms with Crippen molar-refractivity contribution in [3.8, 4) is 5.75 Å². The van der Waals surface area contributed by atoms with Crippen LogP contribution in [0.4, 0.5) is 0 Å². The van der Waals surface area contributed by atoms with Crippen LogP contribution in [0.25, 0.3) is 0 Å². The van der Waals surface area contributed by atoms with Crippen molar-refractivity contribution >= 4 is 21.4 Å². The SMILES string of the molecule is CC(CO)c1ccc(OC2CS(=O)(=O)C2)c(Cl)c1. The quantitative estimate of drug-likeness (QED) is 0.915. The molecule has 1 saturated heterocycles. The third-order valence-electron chi connectivity index (χ3n) is 2.97. The predicted molar refractivity (Wildman–Crippen MR) is 70.0 cm³/mol. The summed E-state index contributed by atoms with van der Waals surface area (Å²) < 4.78 is 27.5. The lowest BCUT2D eigenvalue weighted by molar-refractivity contribution is 0.230. The highest BCUT2D eigenvalue weighted by Gasteiger charge is 2.35. The fourth-order valence-electron chi connectivity index (χ4n) is 1.79. The van der Waals surface area contributed by atoms with Crippen LogP contribution in [0.2, 0.25) is 5.02 Å². The van der Waals surface area contributed by atoms with Gasteiger partial charge in [0.05, 0.1) is 16.5 Å². The van der Waals surface area contributed by atoms with Crippen LogP contribution in [0.5, 0.6) is 5.75 Å². The first-order chi connectivity index (χ1) is 8.41. The highest BCUT2D eigenvalue weighted by molar-refractivity contribution is 7.92. The van der Waals surface area contributed by atoms with E-state index in [0.717, 1.165) is 5.56 Å². The van der Waals surface area contributed by atoms with Gasteiger partial charge in [0.1, 0.15) is 11.9 Å². The minimum absolute atomic E-state index is 0.0145. The predicted octanol–water partition coefficient (Wildman–Crippen LogP) is 1.61. The number of rotatable bonds is 4. The van der Waals surface area contributed by atoms with Crippen LogP contribution in [0.3, 0.4) is 0 Å². The Hall–Kier alpha value is -0.780. The van der Waals surface area contributed by atoms with Crippen molar-refractivity contribution in [3.63, 3.8) is 0 Å². The van der Waals surface area contributed by atoms with Crippen LogP contribution in [-0.4, -0.2) is 37.7 Å². The van der Waals surface area contributed by atoms with Crippen LogP contribution in [0.1, 0.15) is 18.4 Å². The molecule has 4 nitrogen and oxygen atoms in total. The minimum Gasteiger partial charge on any atom is -0.487 e. The third-order valence-corrected chi connectivity index (χ3v) is 5.03. The molecule has 6 heteroatoms. The summed E-state index contributed by atoms with van der Waals surface area (Å²) >= 11 is 6.07. The molecule has 1 N–H and O–H groups in total. The van der Waals surface area contributed by atoms with Crippen LogP contribution < -0.4 is 4.74 Å². The summed E-state index contributed by atoms with van der Waals surface area (Å²) in [4.78, 5) is 0. The summed E-state index contributed by atoms with van der Waals surface area (Å²) in [6, 6.07) is 5.29. The van der Waals surface area contributed by atoms with Crippen LogP contribution in [0, 0.1) is 0 Å². The average Bonchev–Trinajstić information content (AvgIpc) is 2.28. The Morgan fingerprint density at radius 1 is 1.50 bits per heavy atom. The summed E-state index contributed by atoms with van der Waals surface area (Å²) in [5, 5.41) is 9.50. The van der Waals surface area contributed by atoms with Gasteiger partial charge >= 0.3 is 0 Å². The number of aliphatic hydroxyl groups excluding tert-OH is 1. The van der Waals surface area contributed by atoms with E-state index in [1.54, 1.807) is 12.1 Å². The van der Waals surface area contributed by atoms with Crippen molar-refractivity contribution in [2.45, 2.75) is 18.9 Å². The zero-order chi connectivity index (χ0) is 13.3. The molecule has 1 aromatic rings. The number of sulfone groups is 1. The fraction of sp³-hybridized carbons (Fsp3) is 0.500. The van der Waals surface area contributed by atoms with Crippen molar-refractivity contribution < 1.29 is 18.3 Å². The summed E-state index contributed by atoms with van der Waals surface area (Å²) in [7, 11) is -2.89. The van der Waals surface area contributed by atoms with Gasteiger partial charge < -0.3 is 9.84 Å². The maximum absolute atomic E-state index is 11.0. The highest BCUT2D eigenvalue weighted by atomic mass is 35.5. The highest BCUT2D eigenvalue weighted by Crippen LogP contribution is 2.30. The number of ether oxygens (including phenoxy) is 1. The van der Waals surface area contributed by atoms with E-state index in [4.69, 9.17) is 21.4 Å². The zero-order valence-electron chi connectivity index (χ0n) is 9.97. The second kappa shape index (κ2) is 5.07. The Morgan fingerprint density at radius 3 is 2.67 bits per heavy atom. The second-order valence-corrected chi connectivity index (χ2v) is 7.15. The first-order valence-corrected chi connectivity index (χ1v) is 7.88. The van der Waals surface area contributed by atoms with Gasteiger partial charge in [-0.1, -0.05) is 24.6 Å². The Morgan fingerprint density at radius 2 is 2.17 bits per heavy atom.